The molecule has 0 aliphatic heterocycles. The molecule has 0 amide bonds. The van der Waals surface area contributed by atoms with Gasteiger partial charge in [-0.15, -0.1) is 0 Å². The number of hydrogen-bond acceptors (Lipinski definition) is 2. The lowest BCUT2D eigenvalue weighted by Crippen LogP contribution is -1.95. The standard InChI is InChI=1S/C19H18N2O2/c1-13-8-14(2)10-19(9-13)20-12-17(11-15(20)3)16-4-6-18(7-5-16)21(22)23/h4-12H,1-3H3. The first-order valence-electron chi connectivity index (χ1n) is 7.46. The molecule has 4 heteroatoms. The van der Waals surface area contributed by atoms with Crippen LogP contribution in [0.2, 0.25) is 0 Å². The fourth-order valence-corrected chi connectivity index (χ4v) is 2.87. The predicted octanol–water partition coefficient (Wildman–Crippen LogP) is 4.98. The molecule has 1 heterocycles. The van der Waals surface area contributed by atoms with Crippen LogP contribution in [0.3, 0.4) is 0 Å². The summed E-state index contributed by atoms with van der Waals surface area (Å²) in [6.07, 6.45) is 2.07. The summed E-state index contributed by atoms with van der Waals surface area (Å²) < 4.78 is 2.15. The summed E-state index contributed by atoms with van der Waals surface area (Å²) in [5.74, 6) is 0. The van der Waals surface area contributed by atoms with Crippen LogP contribution in [0.5, 0.6) is 0 Å². The molecule has 1 aromatic heterocycles. The summed E-state index contributed by atoms with van der Waals surface area (Å²) in [5, 5.41) is 10.8. The lowest BCUT2D eigenvalue weighted by molar-refractivity contribution is -0.384. The molecule has 4 nitrogen and oxygen atoms in total. The average molecular weight is 306 g/mol. The van der Waals surface area contributed by atoms with Gasteiger partial charge in [0.05, 0.1) is 4.92 Å². The number of nitro benzene ring substituents is 1. The molecule has 0 saturated carbocycles. The Bertz CT molecular complexity index is 857. The van der Waals surface area contributed by atoms with Crippen LogP contribution in [-0.4, -0.2) is 9.49 Å². The lowest BCUT2D eigenvalue weighted by Gasteiger charge is -2.08. The van der Waals surface area contributed by atoms with Crippen LogP contribution in [0.4, 0.5) is 5.69 Å². The third-order valence-corrected chi connectivity index (χ3v) is 3.91. The zero-order valence-corrected chi connectivity index (χ0v) is 13.4. The van der Waals surface area contributed by atoms with Crippen LogP contribution in [-0.2, 0) is 0 Å². The highest BCUT2D eigenvalue weighted by molar-refractivity contribution is 5.66. The molecule has 0 aliphatic rings. The number of nitro groups is 1. The summed E-state index contributed by atoms with van der Waals surface area (Å²) in [5.41, 5.74) is 6.85. The number of nitrogens with zero attached hydrogens (tertiary/aromatic N) is 2. The molecule has 3 rings (SSSR count). The van der Waals surface area contributed by atoms with Crippen LogP contribution < -0.4 is 0 Å². The third-order valence-electron chi connectivity index (χ3n) is 3.91. The Morgan fingerprint density at radius 3 is 2.04 bits per heavy atom. The maximum absolute atomic E-state index is 10.8. The highest BCUT2D eigenvalue weighted by atomic mass is 16.6. The second-order valence-corrected chi connectivity index (χ2v) is 5.89. The fraction of sp³-hybridized carbons (Fsp3) is 0.158. The van der Waals surface area contributed by atoms with Crippen LogP contribution in [0.25, 0.3) is 16.8 Å². The molecule has 0 fully saturated rings. The molecule has 0 spiro atoms. The van der Waals surface area contributed by atoms with Gasteiger partial charge < -0.3 is 4.57 Å². The van der Waals surface area contributed by atoms with E-state index in [2.05, 4.69) is 55.8 Å². The van der Waals surface area contributed by atoms with Gasteiger partial charge in [-0.1, -0.05) is 6.07 Å². The summed E-state index contributed by atoms with van der Waals surface area (Å²) in [4.78, 5) is 10.4. The van der Waals surface area contributed by atoms with E-state index in [9.17, 15) is 10.1 Å². The smallest absolute Gasteiger partial charge is 0.269 e. The van der Waals surface area contributed by atoms with Crippen molar-refractivity contribution in [3.63, 3.8) is 0 Å². The quantitative estimate of drug-likeness (QED) is 0.506. The molecule has 2 aromatic carbocycles. The zero-order valence-electron chi connectivity index (χ0n) is 13.4. The predicted molar refractivity (Wildman–Crippen MR) is 92.1 cm³/mol. The minimum atomic E-state index is -0.379. The monoisotopic (exact) mass is 306 g/mol. The molecular formula is C19H18N2O2. The molecule has 0 atom stereocenters. The maximum Gasteiger partial charge on any atom is 0.269 e. The number of rotatable bonds is 3. The second kappa shape index (κ2) is 5.72. The summed E-state index contributed by atoms with van der Waals surface area (Å²) in [7, 11) is 0. The van der Waals surface area contributed by atoms with Crippen LogP contribution >= 0.6 is 0 Å². The van der Waals surface area contributed by atoms with Gasteiger partial charge in [0, 0.05) is 35.3 Å². The van der Waals surface area contributed by atoms with E-state index in [-0.39, 0.29) is 10.6 Å². The van der Waals surface area contributed by atoms with Crippen LogP contribution in [0.15, 0.2) is 54.7 Å². The van der Waals surface area contributed by atoms with Gasteiger partial charge in [-0.05, 0) is 67.8 Å². The molecule has 0 bridgehead atoms. The maximum atomic E-state index is 10.8. The molecule has 0 N–H and O–H groups in total. The van der Waals surface area contributed by atoms with Gasteiger partial charge >= 0.3 is 0 Å². The van der Waals surface area contributed by atoms with E-state index in [0.717, 1.165) is 22.5 Å². The SMILES string of the molecule is Cc1cc(C)cc(-n2cc(-c3ccc([N+](=O)[O-])cc3)cc2C)c1. The van der Waals surface area contributed by atoms with Crippen molar-refractivity contribution in [1.29, 1.82) is 0 Å². The fourth-order valence-electron chi connectivity index (χ4n) is 2.87. The number of hydrogen-bond donors (Lipinski definition) is 0. The Hall–Kier alpha value is -2.88. The van der Waals surface area contributed by atoms with Crippen molar-refractivity contribution < 1.29 is 4.92 Å². The number of aryl methyl sites for hydroxylation is 3. The van der Waals surface area contributed by atoms with E-state index in [4.69, 9.17) is 0 Å². The van der Waals surface area contributed by atoms with Gasteiger partial charge in [0.1, 0.15) is 0 Å². The number of aromatic nitrogens is 1. The largest absolute Gasteiger partial charge is 0.321 e. The van der Waals surface area contributed by atoms with Crippen LogP contribution in [0.1, 0.15) is 16.8 Å². The molecule has 116 valence electrons. The van der Waals surface area contributed by atoms with Gasteiger partial charge in [0.15, 0.2) is 0 Å². The minimum Gasteiger partial charge on any atom is -0.321 e. The van der Waals surface area contributed by atoms with E-state index in [1.54, 1.807) is 24.3 Å². The molecule has 0 saturated heterocycles. The normalized spacial score (nSPS) is 10.7. The number of benzene rings is 2. The molecule has 0 aliphatic carbocycles. The van der Waals surface area contributed by atoms with Crippen molar-refractivity contribution in [2.24, 2.45) is 0 Å². The number of non-ortho nitro benzene ring substituents is 1. The Morgan fingerprint density at radius 1 is 0.870 bits per heavy atom. The van der Waals surface area contributed by atoms with Crippen molar-refractivity contribution >= 4 is 5.69 Å². The van der Waals surface area contributed by atoms with E-state index in [0.29, 0.717) is 0 Å². The van der Waals surface area contributed by atoms with Gasteiger partial charge in [0.25, 0.3) is 5.69 Å². The van der Waals surface area contributed by atoms with Gasteiger partial charge in [0.2, 0.25) is 0 Å². The van der Waals surface area contributed by atoms with Crippen LogP contribution in [0, 0.1) is 30.9 Å². The molecular weight excluding hydrogens is 288 g/mol. The Balaban J connectivity index is 2.02. The Kier molecular flexibility index (Phi) is 3.74. The van der Waals surface area contributed by atoms with E-state index >= 15 is 0 Å². The van der Waals surface area contributed by atoms with Crippen molar-refractivity contribution in [2.45, 2.75) is 20.8 Å². The van der Waals surface area contributed by atoms with E-state index in [1.165, 1.54) is 11.1 Å². The summed E-state index contributed by atoms with van der Waals surface area (Å²) >= 11 is 0. The zero-order chi connectivity index (χ0) is 16.6. The van der Waals surface area contributed by atoms with Gasteiger partial charge in [-0.3, -0.25) is 10.1 Å². The summed E-state index contributed by atoms with van der Waals surface area (Å²) in [6.45, 7) is 6.24. The summed E-state index contributed by atoms with van der Waals surface area (Å²) in [6, 6.07) is 15.2. The van der Waals surface area contributed by atoms with E-state index < -0.39 is 0 Å². The average Bonchev–Trinajstić information content (AvgIpc) is 2.88. The van der Waals surface area contributed by atoms with Crippen molar-refractivity contribution in [3.05, 3.63) is 81.7 Å². The molecule has 3 aromatic rings. The molecule has 0 unspecified atom stereocenters. The van der Waals surface area contributed by atoms with Crippen molar-refractivity contribution in [1.82, 2.24) is 4.57 Å². The first-order chi connectivity index (χ1) is 10.9. The lowest BCUT2D eigenvalue weighted by atomic mass is 10.1. The highest BCUT2D eigenvalue weighted by Crippen LogP contribution is 2.27. The second-order valence-electron chi connectivity index (χ2n) is 5.89. The van der Waals surface area contributed by atoms with Gasteiger partial charge in [-0.2, -0.15) is 0 Å². The Labute approximate surface area is 135 Å². The first-order valence-corrected chi connectivity index (χ1v) is 7.46. The van der Waals surface area contributed by atoms with Crippen molar-refractivity contribution in [3.8, 4) is 16.8 Å². The molecule has 23 heavy (non-hydrogen) atoms. The molecule has 0 radical (unpaired) electrons. The topological polar surface area (TPSA) is 48.1 Å². The third kappa shape index (κ3) is 3.01. The van der Waals surface area contributed by atoms with Crippen molar-refractivity contribution in [2.75, 3.05) is 0 Å². The first kappa shape index (κ1) is 15.0. The minimum absolute atomic E-state index is 0.110. The van der Waals surface area contributed by atoms with E-state index in [1.807, 2.05) is 0 Å². The van der Waals surface area contributed by atoms with Gasteiger partial charge in [-0.25, -0.2) is 0 Å². The highest BCUT2D eigenvalue weighted by Gasteiger charge is 2.09. The Morgan fingerprint density at radius 2 is 1.48 bits per heavy atom.